The number of aromatic hydroxyl groups is 1. The van der Waals surface area contributed by atoms with Crippen molar-refractivity contribution in [3.63, 3.8) is 0 Å². The zero-order valence-corrected chi connectivity index (χ0v) is 88.6. The van der Waals surface area contributed by atoms with Crippen molar-refractivity contribution in [3.05, 3.63) is 150 Å². The number of aliphatic hydroxyl groups is 1. The van der Waals surface area contributed by atoms with Crippen LogP contribution in [0.4, 0.5) is 35.2 Å². The van der Waals surface area contributed by atoms with Crippen LogP contribution in [0, 0.1) is 41.4 Å². The van der Waals surface area contributed by atoms with E-state index in [0.717, 1.165) is 27.5 Å². The van der Waals surface area contributed by atoms with E-state index < -0.39 is 202 Å². The number of allylic oxidation sites excluding steroid dienone is 2. The van der Waals surface area contributed by atoms with Crippen LogP contribution in [0.25, 0.3) is 0 Å². The first-order valence-electron chi connectivity index (χ1n) is 48.2. The molecule has 6 rings (SSSR count). The first-order chi connectivity index (χ1) is 67.6. The van der Waals surface area contributed by atoms with Crippen molar-refractivity contribution in [2.45, 2.75) is 280 Å². The molecule has 0 spiro atoms. The van der Waals surface area contributed by atoms with Gasteiger partial charge in [-0.15, -0.1) is 13.2 Å². The number of aromatic nitrogens is 1. The second-order valence-corrected chi connectivity index (χ2v) is 40.5. The maximum atomic E-state index is 15.1. The summed E-state index contributed by atoms with van der Waals surface area (Å²) in [5, 5.41) is 61.2. The van der Waals surface area contributed by atoms with Gasteiger partial charge in [-0.2, -0.15) is 10.2 Å². The van der Waals surface area contributed by atoms with Crippen LogP contribution in [-0.2, 0) is 96.6 Å². The number of benzene rings is 4. The molecule has 2 heterocycles. The monoisotopic (exact) mass is 2060 g/mol. The number of nitrogens with one attached hydrogen (secondary N) is 6. The molecule has 0 aliphatic carbocycles. The molecule has 802 valence electrons. The summed E-state index contributed by atoms with van der Waals surface area (Å²) in [5.74, 6) is -12.6. The number of amides is 12. The molecular formula is C102H149F3N16O23S. The molecule has 13 atom stereocenters. The summed E-state index contributed by atoms with van der Waals surface area (Å²) in [7, 11) is 6.12. The lowest BCUT2D eigenvalue weighted by Crippen LogP contribution is -2.63. The largest absolute Gasteiger partial charge is 0.573 e. The standard InChI is InChI=1S/C62H111N11O12.C22H24F3NO6.C18H14N4O5S/c1-25-27-28-40(15)52(75)51-56(79)65-43(26-2)58(81)67(18)33-48(74)68(19)44(29-34(3)4)55(78)66-49(38(11)12)61(84)69(20)45(30-35(5)6)54(77)63-41(16)53(76)64-42(17)57(80)70(21)46(31-36(7)8)59(82)71(22)47(32-37(9)10)60(83)72(23)50(39(13)14)62(85)73(51)24;1-14(2)31-19(20(27)28)11-15-5-3-6-16(9-15)12-26-21(29)30-13-17-7-4-8-18(10-17)32-22(23,24)25;23-16-9-6-13(11-15(16)18(24)25)21-20-12-4-7-14(8-5-12)28(26,27)22-17-3-1-2-10-19-17/h25,27,34-47,49-52,75H,26,28-33H2,1-24H3,(H,63,77)(H,64,76)(H,65,79)(H,66,78);3-10,14,19H,11-13H2,1-2H3,(H,26,29)(H,27,28);1-11,23H,(H,19,22)(H,24,25)/b27-25+;;/t40-,41+,42-,43+,44+,45+,46+,47+,49+,50+,51+,52-;19-;/m10./s1. The molecule has 1 aromatic heterocycles. The van der Waals surface area contributed by atoms with E-state index in [9.17, 15) is 94.4 Å². The molecule has 1 saturated heterocycles. The van der Waals surface area contributed by atoms with Crippen LogP contribution in [0.1, 0.15) is 197 Å². The average Bonchev–Trinajstić information content (AvgIpc) is 1.10. The highest BCUT2D eigenvalue weighted by atomic mass is 32.2. The normalized spacial score (nSPS) is 20.7. The Kier molecular flexibility index (Phi) is 49.7. The molecule has 0 radical (unpaired) electrons. The van der Waals surface area contributed by atoms with Gasteiger partial charge in [0.15, 0.2) is 6.10 Å². The minimum absolute atomic E-state index is 0.0229. The van der Waals surface area contributed by atoms with Crippen LogP contribution in [0.3, 0.4) is 0 Å². The number of aliphatic hydroxyl groups excluding tert-OH is 1. The highest BCUT2D eigenvalue weighted by molar-refractivity contribution is 7.92. The lowest BCUT2D eigenvalue weighted by molar-refractivity contribution is -0.274. The number of phenols is 1. The maximum absolute atomic E-state index is 15.1. The fourth-order valence-corrected chi connectivity index (χ4v) is 16.7. The summed E-state index contributed by atoms with van der Waals surface area (Å²) < 4.78 is 78.2. The number of nitrogens with zero attached hydrogens (tertiary/aromatic N) is 10. The number of azo groups is 1. The lowest BCUT2D eigenvalue weighted by atomic mass is 9.91. The predicted octanol–water partition coefficient (Wildman–Crippen LogP) is 11.4. The molecule has 39 nitrogen and oxygen atoms in total. The number of pyridine rings is 1. The molecule has 43 heteroatoms. The number of sulfonamides is 1. The molecule has 10 N–H and O–H groups in total. The van der Waals surface area contributed by atoms with Crippen LogP contribution in [0.15, 0.2) is 143 Å². The van der Waals surface area contributed by atoms with Crippen molar-refractivity contribution in [1.29, 1.82) is 0 Å². The van der Waals surface area contributed by atoms with Crippen molar-refractivity contribution >= 4 is 110 Å². The summed E-state index contributed by atoms with van der Waals surface area (Å²) in [6, 6.07) is 14.1. The molecule has 1 aliphatic heterocycles. The highest BCUT2D eigenvalue weighted by Crippen LogP contribution is 2.31. The first kappa shape index (κ1) is 124. The maximum Gasteiger partial charge on any atom is 0.573 e. The van der Waals surface area contributed by atoms with E-state index in [-0.39, 0.29) is 109 Å². The zero-order chi connectivity index (χ0) is 110. The van der Waals surface area contributed by atoms with Gasteiger partial charge in [0.25, 0.3) is 10.0 Å². The molecule has 4 aromatic carbocycles. The fraction of sp³-hybridized carbons (Fsp3) is 0.559. The van der Waals surface area contributed by atoms with Gasteiger partial charge < -0.3 is 95.5 Å². The number of alkyl carbamates (subject to hydrolysis) is 1. The number of halogens is 3. The summed E-state index contributed by atoms with van der Waals surface area (Å²) in [6.07, 6.45) is -2.11. The number of anilines is 1. The van der Waals surface area contributed by atoms with E-state index in [4.69, 9.17) is 14.6 Å². The molecule has 145 heavy (non-hydrogen) atoms. The number of aliphatic carboxylic acids is 1. The van der Waals surface area contributed by atoms with Gasteiger partial charge in [0, 0.05) is 68.5 Å². The summed E-state index contributed by atoms with van der Waals surface area (Å²) in [5.41, 5.74) is 2.07. The Labute approximate surface area is 848 Å². The molecule has 0 unspecified atom stereocenters. The zero-order valence-electron chi connectivity index (χ0n) is 87.8. The minimum atomic E-state index is -4.81. The highest BCUT2D eigenvalue weighted by Gasteiger charge is 2.47. The second kappa shape index (κ2) is 58.1. The quantitative estimate of drug-likeness (QED) is 0.0145. The van der Waals surface area contributed by atoms with Crippen LogP contribution in [0.2, 0.25) is 0 Å². The lowest BCUT2D eigenvalue weighted by Gasteiger charge is -2.41. The van der Waals surface area contributed by atoms with Gasteiger partial charge in [-0.3, -0.25) is 57.5 Å². The minimum Gasteiger partial charge on any atom is -0.507 e. The number of likely N-dealkylation sites (N-methyl/N-ethyl adjacent to an activating group) is 7. The van der Waals surface area contributed by atoms with Gasteiger partial charge in [0.2, 0.25) is 65.0 Å². The Bertz CT molecular complexity index is 5360. The van der Waals surface area contributed by atoms with Gasteiger partial charge in [0.1, 0.15) is 89.9 Å². The molecule has 12 amide bonds. The van der Waals surface area contributed by atoms with Gasteiger partial charge in [0.05, 0.1) is 35.0 Å². The molecule has 1 aliphatic rings. The predicted molar refractivity (Wildman–Crippen MR) is 537 cm³/mol. The van der Waals surface area contributed by atoms with Gasteiger partial charge in [-0.25, -0.2) is 27.8 Å². The van der Waals surface area contributed by atoms with Gasteiger partial charge in [-0.05, 0) is 198 Å². The van der Waals surface area contributed by atoms with E-state index in [1.54, 1.807) is 105 Å². The number of alkyl halides is 3. The van der Waals surface area contributed by atoms with E-state index in [2.05, 4.69) is 51.3 Å². The number of ether oxygens (including phenoxy) is 3. The summed E-state index contributed by atoms with van der Waals surface area (Å²) in [4.78, 5) is 207. The topological polar surface area (TPSA) is 514 Å². The van der Waals surface area contributed by atoms with E-state index >= 15 is 9.59 Å². The number of carbonyl (C=O) groups is 14. The number of carbonyl (C=O) groups excluding carboxylic acids is 12. The molecule has 0 saturated carbocycles. The smallest absolute Gasteiger partial charge is 0.507 e. The Morgan fingerprint density at radius 3 is 1.61 bits per heavy atom. The van der Waals surface area contributed by atoms with Gasteiger partial charge in [-0.1, -0.05) is 152 Å². The Morgan fingerprint density at radius 2 is 1.08 bits per heavy atom. The second-order valence-electron chi connectivity index (χ2n) is 38.8. The van der Waals surface area contributed by atoms with E-state index in [0.29, 0.717) is 23.2 Å². The number of rotatable bonds is 31. The number of hydrogen-bond acceptors (Lipinski definition) is 24. The number of aromatic carboxylic acids is 1. The van der Waals surface area contributed by atoms with Crippen molar-refractivity contribution in [3.8, 4) is 11.5 Å². The molecular weight excluding hydrogens is 1910 g/mol. The van der Waals surface area contributed by atoms with Crippen molar-refractivity contribution in [1.82, 2.24) is 65.9 Å². The first-order valence-corrected chi connectivity index (χ1v) is 49.6. The van der Waals surface area contributed by atoms with E-state index in [1.165, 1.54) is 155 Å². The molecule has 1 fully saturated rings. The van der Waals surface area contributed by atoms with Crippen LogP contribution >= 0.6 is 0 Å². The third kappa shape index (κ3) is 39.4. The summed E-state index contributed by atoms with van der Waals surface area (Å²) >= 11 is 0. The van der Waals surface area contributed by atoms with Crippen molar-refractivity contribution in [2.24, 2.45) is 51.7 Å². The Balaban J connectivity index is 0.000000582. The number of carboxylic acids is 2. The SMILES string of the molecule is C/C=C/C[C@@H](C)[C@@H](O)[C@H]1C(=O)N[C@@H](CC)C(=O)N(C)CC(=O)N(C)[C@@H](CC(C)C)C(=O)N[C@@H](C(C)C)C(=O)N(C)[C@@H](CC(C)C)C(=O)N[C@@H](C)C(=O)N[C@H](C)C(=O)N(C)[C@@H](CC(C)C)C(=O)N(C)[C@@H](CC(C)C)C(=O)N(C)[C@@H](C(C)C)C(=O)N1C.CC(C)O[C@@H](Cc1cccc(CNC(=O)OCc2cccc(OC(F)(F)F)c2)c1)C(=O)O.O=C(O)c1cc(N=Nc2ccc(S(=O)(=O)Nc3ccccn3)cc2)ccc1O. The fourth-order valence-electron chi connectivity index (χ4n) is 15.7. The van der Waals surface area contributed by atoms with E-state index in [1.807, 2.05) is 61.5 Å². The third-order valence-electron chi connectivity index (χ3n) is 23.7. The Hall–Kier alpha value is -13.2. The van der Waals surface area contributed by atoms with Crippen molar-refractivity contribution in [2.75, 3.05) is 60.6 Å². The van der Waals surface area contributed by atoms with Crippen LogP contribution in [0.5, 0.6) is 11.5 Å². The van der Waals surface area contributed by atoms with Crippen LogP contribution < -0.4 is 36.0 Å². The molecule has 5 aromatic rings. The summed E-state index contributed by atoms with van der Waals surface area (Å²) in [6.45, 7) is 32.7. The van der Waals surface area contributed by atoms with Crippen LogP contribution in [-0.4, -0.2) is 292 Å². The average molecular weight is 2060 g/mol. The molecule has 0 bridgehead atoms. The third-order valence-corrected chi connectivity index (χ3v) is 25.1. The number of carboxylic acid groups (broad SMARTS) is 2. The van der Waals surface area contributed by atoms with Crippen molar-refractivity contribution < 1.29 is 123 Å². The Morgan fingerprint density at radius 1 is 0.559 bits per heavy atom. The van der Waals surface area contributed by atoms with Gasteiger partial charge >= 0.3 is 24.4 Å². The number of hydrogen-bond donors (Lipinski definition) is 10.